The average Bonchev–Trinajstić information content (AvgIpc) is 2.32. The molecule has 0 atom stereocenters. The molecule has 0 aromatic heterocycles. The molecule has 2 nitrogen and oxygen atoms in total. The van der Waals surface area contributed by atoms with Crippen molar-refractivity contribution in [3.63, 3.8) is 0 Å². The highest BCUT2D eigenvalue weighted by molar-refractivity contribution is 9.10. The quantitative estimate of drug-likeness (QED) is 0.877. The molecule has 0 saturated carbocycles. The second kappa shape index (κ2) is 5.23. The predicted molar refractivity (Wildman–Crippen MR) is 74.4 cm³/mol. The Morgan fingerprint density at radius 2 is 2.00 bits per heavy atom. The topological polar surface area (TPSA) is 35.2 Å². The second-order valence-corrected chi connectivity index (χ2v) is 4.79. The molecule has 0 unspecified atom stereocenters. The van der Waals surface area contributed by atoms with Gasteiger partial charge in [0, 0.05) is 10.2 Å². The van der Waals surface area contributed by atoms with E-state index in [1.165, 1.54) is 5.56 Å². The summed E-state index contributed by atoms with van der Waals surface area (Å²) in [6.45, 7) is 0. The second-order valence-electron chi connectivity index (χ2n) is 3.87. The van der Waals surface area contributed by atoms with Crippen LogP contribution in [-0.2, 0) is 6.42 Å². The van der Waals surface area contributed by atoms with Crippen LogP contribution < -0.4 is 10.5 Å². The van der Waals surface area contributed by atoms with Crippen molar-refractivity contribution >= 4 is 21.6 Å². The molecular formula is C14H14BrNO. The number of benzene rings is 2. The number of methoxy groups -OCH3 is 1. The fourth-order valence-corrected chi connectivity index (χ4v) is 2.18. The van der Waals surface area contributed by atoms with E-state index in [9.17, 15) is 0 Å². The molecule has 88 valence electrons. The van der Waals surface area contributed by atoms with E-state index < -0.39 is 0 Å². The molecule has 0 spiro atoms. The Balaban J connectivity index is 2.29. The van der Waals surface area contributed by atoms with Gasteiger partial charge in [0.2, 0.25) is 0 Å². The van der Waals surface area contributed by atoms with Gasteiger partial charge in [-0.25, -0.2) is 0 Å². The van der Waals surface area contributed by atoms with Crippen LogP contribution >= 0.6 is 15.9 Å². The van der Waals surface area contributed by atoms with Crippen molar-refractivity contribution in [1.82, 2.24) is 0 Å². The Kier molecular flexibility index (Phi) is 3.69. The fraction of sp³-hybridized carbons (Fsp3) is 0.143. The predicted octanol–water partition coefficient (Wildman–Crippen LogP) is 3.63. The molecule has 0 aliphatic rings. The first-order valence-corrected chi connectivity index (χ1v) is 6.15. The van der Waals surface area contributed by atoms with Gasteiger partial charge in [-0.1, -0.05) is 28.1 Å². The van der Waals surface area contributed by atoms with E-state index in [1.807, 2.05) is 30.3 Å². The summed E-state index contributed by atoms with van der Waals surface area (Å²) in [4.78, 5) is 0. The van der Waals surface area contributed by atoms with Gasteiger partial charge in [0.1, 0.15) is 5.75 Å². The van der Waals surface area contributed by atoms with E-state index in [0.717, 1.165) is 27.9 Å². The maximum Gasteiger partial charge on any atom is 0.119 e. The molecule has 2 N–H and O–H groups in total. The van der Waals surface area contributed by atoms with E-state index in [-0.39, 0.29) is 0 Å². The molecule has 2 aromatic carbocycles. The lowest BCUT2D eigenvalue weighted by molar-refractivity contribution is 0.414. The van der Waals surface area contributed by atoms with E-state index in [4.69, 9.17) is 10.5 Å². The van der Waals surface area contributed by atoms with Gasteiger partial charge < -0.3 is 10.5 Å². The van der Waals surface area contributed by atoms with Crippen molar-refractivity contribution in [2.24, 2.45) is 0 Å². The van der Waals surface area contributed by atoms with Gasteiger partial charge >= 0.3 is 0 Å². The summed E-state index contributed by atoms with van der Waals surface area (Å²) in [7, 11) is 1.66. The third-order valence-corrected chi connectivity index (χ3v) is 3.13. The van der Waals surface area contributed by atoms with Crippen LogP contribution in [0, 0.1) is 0 Å². The van der Waals surface area contributed by atoms with Crippen LogP contribution in [0.3, 0.4) is 0 Å². The van der Waals surface area contributed by atoms with Crippen molar-refractivity contribution in [2.45, 2.75) is 6.42 Å². The van der Waals surface area contributed by atoms with Gasteiger partial charge in [-0.15, -0.1) is 0 Å². The first kappa shape index (κ1) is 12.0. The monoisotopic (exact) mass is 291 g/mol. The Morgan fingerprint density at radius 1 is 1.18 bits per heavy atom. The molecule has 3 heteroatoms. The molecule has 0 radical (unpaired) electrons. The van der Waals surface area contributed by atoms with Crippen molar-refractivity contribution in [3.8, 4) is 5.75 Å². The number of rotatable bonds is 3. The summed E-state index contributed by atoms with van der Waals surface area (Å²) in [5.74, 6) is 0.837. The summed E-state index contributed by atoms with van der Waals surface area (Å²) < 4.78 is 6.29. The standard InChI is InChI=1S/C14H14BrNO/c1-17-13-5-6-14(16)11(9-13)7-10-3-2-4-12(15)8-10/h2-6,8-9H,7,16H2,1H3. The van der Waals surface area contributed by atoms with Crippen molar-refractivity contribution in [2.75, 3.05) is 12.8 Å². The molecule has 2 rings (SSSR count). The molecule has 0 bridgehead atoms. The maximum absolute atomic E-state index is 5.96. The van der Waals surface area contributed by atoms with Crippen molar-refractivity contribution < 1.29 is 4.74 Å². The van der Waals surface area contributed by atoms with Gasteiger partial charge in [-0.05, 0) is 47.9 Å². The Bertz CT molecular complexity index is 525. The van der Waals surface area contributed by atoms with E-state index >= 15 is 0 Å². The van der Waals surface area contributed by atoms with Crippen molar-refractivity contribution in [1.29, 1.82) is 0 Å². The van der Waals surface area contributed by atoms with Gasteiger partial charge in [-0.3, -0.25) is 0 Å². The minimum atomic E-state index is 0.797. The summed E-state index contributed by atoms with van der Waals surface area (Å²) in [5, 5.41) is 0. The van der Waals surface area contributed by atoms with Crippen LogP contribution in [0.2, 0.25) is 0 Å². The highest BCUT2D eigenvalue weighted by atomic mass is 79.9. The molecule has 0 amide bonds. The molecule has 0 heterocycles. The Morgan fingerprint density at radius 3 is 2.71 bits per heavy atom. The SMILES string of the molecule is COc1ccc(N)c(Cc2cccc(Br)c2)c1. The molecule has 0 saturated heterocycles. The zero-order chi connectivity index (χ0) is 12.3. The van der Waals surface area contributed by atoms with E-state index in [0.29, 0.717) is 0 Å². The number of halogens is 1. The summed E-state index contributed by atoms with van der Waals surface area (Å²) in [5.41, 5.74) is 9.07. The summed E-state index contributed by atoms with van der Waals surface area (Å²) >= 11 is 3.47. The number of nitrogen functional groups attached to an aromatic ring is 1. The first-order chi connectivity index (χ1) is 8.19. The molecular weight excluding hydrogens is 278 g/mol. The van der Waals surface area contributed by atoms with E-state index in [2.05, 4.69) is 28.1 Å². The van der Waals surface area contributed by atoms with Gasteiger partial charge in [0.05, 0.1) is 7.11 Å². The molecule has 2 aromatic rings. The molecule has 0 aliphatic carbocycles. The molecule has 0 fully saturated rings. The molecule has 17 heavy (non-hydrogen) atoms. The highest BCUT2D eigenvalue weighted by Gasteiger charge is 2.03. The van der Waals surface area contributed by atoms with Gasteiger partial charge in [0.25, 0.3) is 0 Å². The highest BCUT2D eigenvalue weighted by Crippen LogP contribution is 2.23. The van der Waals surface area contributed by atoms with Crippen LogP contribution in [0.1, 0.15) is 11.1 Å². The normalized spacial score (nSPS) is 10.2. The lowest BCUT2D eigenvalue weighted by Gasteiger charge is -2.08. The van der Waals surface area contributed by atoms with Crippen LogP contribution in [0.25, 0.3) is 0 Å². The third kappa shape index (κ3) is 3.01. The fourth-order valence-electron chi connectivity index (χ4n) is 1.73. The number of hydrogen-bond donors (Lipinski definition) is 1. The number of nitrogens with two attached hydrogens (primary N) is 1. The van der Waals surface area contributed by atoms with Crippen LogP contribution in [0.4, 0.5) is 5.69 Å². The van der Waals surface area contributed by atoms with Crippen LogP contribution in [0.5, 0.6) is 5.75 Å². The zero-order valence-electron chi connectivity index (χ0n) is 9.61. The Hall–Kier alpha value is -1.48. The van der Waals surface area contributed by atoms with E-state index in [1.54, 1.807) is 7.11 Å². The number of hydrogen-bond acceptors (Lipinski definition) is 2. The van der Waals surface area contributed by atoms with Gasteiger partial charge in [-0.2, -0.15) is 0 Å². The maximum atomic E-state index is 5.96. The minimum Gasteiger partial charge on any atom is -0.497 e. The smallest absolute Gasteiger partial charge is 0.119 e. The summed E-state index contributed by atoms with van der Waals surface area (Å²) in [6, 6.07) is 14.0. The average molecular weight is 292 g/mol. The van der Waals surface area contributed by atoms with Crippen molar-refractivity contribution in [3.05, 3.63) is 58.1 Å². The minimum absolute atomic E-state index is 0.797. The summed E-state index contributed by atoms with van der Waals surface area (Å²) in [6.07, 6.45) is 0.808. The lowest BCUT2D eigenvalue weighted by Crippen LogP contribution is -1.96. The third-order valence-electron chi connectivity index (χ3n) is 2.63. The Labute approximate surface area is 110 Å². The zero-order valence-corrected chi connectivity index (χ0v) is 11.2. The number of anilines is 1. The largest absolute Gasteiger partial charge is 0.497 e. The van der Waals surface area contributed by atoms with Crippen LogP contribution in [0.15, 0.2) is 46.9 Å². The first-order valence-electron chi connectivity index (χ1n) is 5.36. The molecule has 0 aliphatic heterocycles. The van der Waals surface area contributed by atoms with Crippen LogP contribution in [-0.4, -0.2) is 7.11 Å². The number of ether oxygens (including phenoxy) is 1. The van der Waals surface area contributed by atoms with Gasteiger partial charge in [0.15, 0.2) is 0 Å². The lowest BCUT2D eigenvalue weighted by atomic mass is 10.0.